The molecule has 0 atom stereocenters. The van der Waals surface area contributed by atoms with Gasteiger partial charge in [-0.2, -0.15) is 8.78 Å². The van der Waals surface area contributed by atoms with Gasteiger partial charge in [0.15, 0.2) is 5.82 Å². The first-order valence-electron chi connectivity index (χ1n) is 17.3. The summed E-state index contributed by atoms with van der Waals surface area (Å²) in [6.07, 6.45) is 3.83. The van der Waals surface area contributed by atoms with Crippen LogP contribution in [0, 0.1) is 0 Å². The quantitative estimate of drug-likeness (QED) is 0.188. The first kappa shape index (κ1) is 29.6. The van der Waals surface area contributed by atoms with Crippen LogP contribution in [-0.4, -0.2) is 9.97 Å². The molecule has 0 radical (unpaired) electrons. The third kappa shape index (κ3) is 4.98. The SMILES string of the molecule is FC1(F)c2ccccc2-c2ccc(-c3ccc4c(c3)C=C(c3nc(-c5ccc6ccccc6c5)cc(-c5ccc6ccccc6c5)n3)CC4)cc21. The third-order valence-electron chi connectivity index (χ3n) is 10.5. The molecule has 1 heterocycles. The summed E-state index contributed by atoms with van der Waals surface area (Å²) in [5.41, 5.74) is 10.2. The molecule has 4 heteroatoms. The number of fused-ring (bicyclic) bond motifs is 6. The molecule has 0 bridgehead atoms. The van der Waals surface area contributed by atoms with Crippen LogP contribution in [0.25, 0.3) is 78.0 Å². The zero-order chi connectivity index (χ0) is 34.1. The zero-order valence-corrected chi connectivity index (χ0v) is 27.6. The number of rotatable bonds is 4. The topological polar surface area (TPSA) is 25.8 Å². The van der Waals surface area contributed by atoms with Gasteiger partial charge in [-0.25, -0.2) is 9.97 Å². The summed E-state index contributed by atoms with van der Waals surface area (Å²) < 4.78 is 31.2. The number of benzene rings is 7. The van der Waals surface area contributed by atoms with Crippen LogP contribution in [0.1, 0.15) is 34.5 Å². The maximum Gasteiger partial charge on any atom is 0.299 e. The van der Waals surface area contributed by atoms with E-state index < -0.39 is 5.92 Å². The normalized spacial score (nSPS) is 14.2. The fraction of sp³-hybridized carbons (Fsp3) is 0.0638. The molecule has 0 amide bonds. The van der Waals surface area contributed by atoms with Crippen LogP contribution >= 0.6 is 0 Å². The Morgan fingerprint density at radius 3 is 1.73 bits per heavy atom. The van der Waals surface area contributed by atoms with E-state index in [0.717, 1.165) is 68.4 Å². The lowest BCUT2D eigenvalue weighted by Crippen LogP contribution is -2.10. The van der Waals surface area contributed by atoms with Gasteiger partial charge in [-0.15, -0.1) is 0 Å². The first-order valence-corrected chi connectivity index (χ1v) is 17.3. The van der Waals surface area contributed by atoms with Crippen molar-refractivity contribution in [2.24, 2.45) is 0 Å². The summed E-state index contributed by atoms with van der Waals surface area (Å²) in [5.74, 6) is -2.32. The molecule has 2 aliphatic rings. The van der Waals surface area contributed by atoms with E-state index in [2.05, 4.69) is 109 Å². The molecular formula is C47H30F2N2. The van der Waals surface area contributed by atoms with E-state index in [0.29, 0.717) is 17.0 Å². The number of hydrogen-bond acceptors (Lipinski definition) is 2. The average Bonchev–Trinajstić information content (AvgIpc) is 3.42. The maximum atomic E-state index is 15.6. The molecule has 0 saturated carbocycles. The Labute approximate surface area is 294 Å². The minimum absolute atomic E-state index is 0.0651. The van der Waals surface area contributed by atoms with Crippen molar-refractivity contribution in [3.8, 4) is 44.8 Å². The number of nitrogens with zero attached hydrogens (tertiary/aromatic N) is 2. The number of allylic oxidation sites excluding steroid dienone is 1. The Morgan fingerprint density at radius 1 is 0.451 bits per heavy atom. The molecule has 0 unspecified atom stereocenters. The van der Waals surface area contributed by atoms with E-state index in [-0.39, 0.29) is 11.1 Å². The molecule has 0 fully saturated rings. The van der Waals surface area contributed by atoms with Crippen molar-refractivity contribution in [2.75, 3.05) is 0 Å². The highest BCUT2D eigenvalue weighted by molar-refractivity contribution is 5.91. The van der Waals surface area contributed by atoms with Gasteiger partial charge in [0, 0.05) is 22.3 Å². The molecule has 1 aromatic heterocycles. The van der Waals surface area contributed by atoms with Crippen LogP contribution in [0.3, 0.4) is 0 Å². The fourth-order valence-electron chi connectivity index (χ4n) is 7.78. The van der Waals surface area contributed by atoms with Gasteiger partial charge in [0.05, 0.1) is 11.4 Å². The molecule has 2 aliphatic carbocycles. The Balaban J connectivity index is 1.08. The van der Waals surface area contributed by atoms with E-state index >= 15 is 8.78 Å². The Bertz CT molecular complexity index is 2640. The number of aromatic nitrogens is 2. The molecular weight excluding hydrogens is 631 g/mol. The maximum absolute atomic E-state index is 15.6. The van der Waals surface area contributed by atoms with Crippen LogP contribution < -0.4 is 0 Å². The largest absolute Gasteiger partial charge is 0.299 e. The second-order valence-electron chi connectivity index (χ2n) is 13.5. The number of alkyl halides is 2. The highest BCUT2D eigenvalue weighted by Gasteiger charge is 2.44. The van der Waals surface area contributed by atoms with Crippen LogP contribution in [0.4, 0.5) is 8.78 Å². The van der Waals surface area contributed by atoms with E-state index in [1.807, 2.05) is 24.3 Å². The molecule has 8 aromatic rings. The van der Waals surface area contributed by atoms with Gasteiger partial charge in [0.25, 0.3) is 5.92 Å². The molecule has 0 spiro atoms. The monoisotopic (exact) mass is 660 g/mol. The number of hydrogen-bond donors (Lipinski definition) is 0. The van der Waals surface area contributed by atoms with Gasteiger partial charge in [0.2, 0.25) is 0 Å². The second-order valence-corrected chi connectivity index (χ2v) is 13.5. The lowest BCUT2D eigenvalue weighted by Gasteiger charge is -2.19. The summed E-state index contributed by atoms with van der Waals surface area (Å²) in [7, 11) is 0. The van der Waals surface area contributed by atoms with Crippen LogP contribution in [0.2, 0.25) is 0 Å². The molecule has 242 valence electrons. The van der Waals surface area contributed by atoms with E-state index in [1.54, 1.807) is 18.2 Å². The lowest BCUT2D eigenvalue weighted by molar-refractivity contribution is 0.0480. The van der Waals surface area contributed by atoms with E-state index in [4.69, 9.17) is 9.97 Å². The standard InChI is InChI=1S/C47H30F2N2/c48-47(49)42-12-6-5-11-40(42)41-22-21-35(27-43(41)47)34-17-13-31-16-20-38(26-39(31)25-34)46-50-44(36-18-14-29-7-1-3-9-32(29)23-36)28-45(51-46)37-19-15-30-8-2-4-10-33(30)24-37/h1-15,17-19,21-28H,16,20H2. The lowest BCUT2D eigenvalue weighted by atomic mass is 9.88. The van der Waals surface area contributed by atoms with Gasteiger partial charge in [-0.3, -0.25) is 0 Å². The molecule has 7 aromatic carbocycles. The van der Waals surface area contributed by atoms with Gasteiger partial charge < -0.3 is 0 Å². The predicted octanol–water partition coefficient (Wildman–Crippen LogP) is 12.4. The van der Waals surface area contributed by atoms with Crippen molar-refractivity contribution in [1.82, 2.24) is 9.97 Å². The van der Waals surface area contributed by atoms with Crippen LogP contribution in [-0.2, 0) is 12.3 Å². The average molecular weight is 661 g/mol. The zero-order valence-electron chi connectivity index (χ0n) is 27.6. The van der Waals surface area contributed by atoms with Crippen molar-refractivity contribution < 1.29 is 8.78 Å². The third-order valence-corrected chi connectivity index (χ3v) is 10.5. The highest BCUT2D eigenvalue weighted by Crippen LogP contribution is 2.51. The molecule has 0 saturated heterocycles. The van der Waals surface area contributed by atoms with Crippen molar-refractivity contribution >= 4 is 33.2 Å². The van der Waals surface area contributed by atoms with Crippen molar-refractivity contribution in [3.05, 3.63) is 180 Å². The van der Waals surface area contributed by atoms with Crippen molar-refractivity contribution in [3.63, 3.8) is 0 Å². The minimum atomic E-state index is -3.03. The molecule has 0 N–H and O–H groups in total. The van der Waals surface area contributed by atoms with E-state index in [9.17, 15) is 0 Å². The predicted molar refractivity (Wildman–Crippen MR) is 204 cm³/mol. The second kappa shape index (κ2) is 11.4. The molecule has 10 rings (SSSR count). The Hall–Kier alpha value is -6.26. The number of halogens is 2. The van der Waals surface area contributed by atoms with Gasteiger partial charge in [-0.1, -0.05) is 121 Å². The molecule has 2 nitrogen and oxygen atoms in total. The summed E-state index contributed by atoms with van der Waals surface area (Å²) in [6, 6.07) is 50.3. The van der Waals surface area contributed by atoms with Crippen LogP contribution in [0.15, 0.2) is 152 Å². The first-order chi connectivity index (χ1) is 25.0. The Morgan fingerprint density at radius 2 is 1.02 bits per heavy atom. The molecule has 0 aliphatic heterocycles. The van der Waals surface area contributed by atoms with Crippen molar-refractivity contribution in [2.45, 2.75) is 18.8 Å². The van der Waals surface area contributed by atoms with E-state index in [1.165, 1.54) is 22.4 Å². The van der Waals surface area contributed by atoms with Gasteiger partial charge >= 0.3 is 0 Å². The van der Waals surface area contributed by atoms with Gasteiger partial charge in [0.1, 0.15) is 0 Å². The van der Waals surface area contributed by atoms with Gasteiger partial charge in [-0.05, 0) is 110 Å². The summed E-state index contributed by atoms with van der Waals surface area (Å²) in [5, 5.41) is 4.69. The smallest absolute Gasteiger partial charge is 0.228 e. The minimum Gasteiger partial charge on any atom is -0.228 e. The molecule has 51 heavy (non-hydrogen) atoms. The summed E-state index contributed by atoms with van der Waals surface area (Å²) in [6.45, 7) is 0. The van der Waals surface area contributed by atoms with Crippen molar-refractivity contribution in [1.29, 1.82) is 0 Å². The van der Waals surface area contributed by atoms with Crippen LogP contribution in [0.5, 0.6) is 0 Å². The number of aryl methyl sites for hydroxylation is 1. The summed E-state index contributed by atoms with van der Waals surface area (Å²) >= 11 is 0. The Kier molecular flexibility index (Phi) is 6.62. The summed E-state index contributed by atoms with van der Waals surface area (Å²) in [4.78, 5) is 10.4. The fourth-order valence-corrected chi connectivity index (χ4v) is 7.78. The highest BCUT2D eigenvalue weighted by atomic mass is 19.3.